The molecular weight excluding hydrogens is 606 g/mol. The number of ether oxygens (including phenoxy) is 1. The number of primary amides is 1. The van der Waals surface area contributed by atoms with Crippen LogP contribution in [0.15, 0.2) is 60.8 Å². The maximum Gasteiger partial charge on any atom is 0.336 e. The molecule has 4 aromatic rings. The molecule has 1 amide bonds. The van der Waals surface area contributed by atoms with Crippen molar-refractivity contribution in [1.29, 1.82) is 0 Å². The van der Waals surface area contributed by atoms with E-state index in [9.17, 15) is 19.5 Å². The number of benzene rings is 3. The molecule has 4 N–H and O–H groups in total. The lowest BCUT2D eigenvalue weighted by Gasteiger charge is -2.17. The molecule has 0 bridgehead atoms. The minimum absolute atomic E-state index is 0.142. The number of hydrogen-bond acceptors (Lipinski definition) is 6. The third-order valence-corrected chi connectivity index (χ3v) is 10.0. The van der Waals surface area contributed by atoms with Crippen molar-refractivity contribution in [2.24, 2.45) is 5.73 Å². The van der Waals surface area contributed by atoms with Crippen molar-refractivity contribution in [3.05, 3.63) is 105 Å². The molecule has 0 atom stereocenters. The monoisotopic (exact) mass is 641 g/mol. The van der Waals surface area contributed by atoms with Gasteiger partial charge >= 0.3 is 11.9 Å². The van der Waals surface area contributed by atoms with Gasteiger partial charge < -0.3 is 20.9 Å². The van der Waals surface area contributed by atoms with E-state index in [1.807, 2.05) is 43.3 Å². The number of carbonyl (C=O) groups excluding carboxylic acids is 2. The Balaban J connectivity index is 1.45. The average Bonchev–Trinajstić information content (AvgIpc) is 3.34. The summed E-state index contributed by atoms with van der Waals surface area (Å²) in [7, 11) is -1.30. The molecule has 0 radical (unpaired) electrons. The van der Waals surface area contributed by atoms with Crippen LogP contribution in [-0.4, -0.2) is 42.6 Å². The number of aromatic carboxylic acids is 1. The third-order valence-electron chi connectivity index (χ3n) is 8.08. The molecular formula is C35H36ClN3O5Si. The Morgan fingerprint density at radius 3 is 2.53 bits per heavy atom. The summed E-state index contributed by atoms with van der Waals surface area (Å²) in [5, 5.41) is 13.4. The number of nitrogens with one attached hydrogen (secondary N) is 1. The SMILES string of the molecule is Cc1c(NCc2ccc(Cl)cc2C(=O)O)cccc1-c1cnc(C(N)=O)c2c1-c1ccc(CC(=O)OCC[Si](C)(C)C)cc1C2. The Labute approximate surface area is 268 Å². The first-order chi connectivity index (χ1) is 21.3. The lowest BCUT2D eigenvalue weighted by atomic mass is 9.91. The zero-order chi connectivity index (χ0) is 32.5. The van der Waals surface area contributed by atoms with Crippen molar-refractivity contribution in [3.63, 3.8) is 0 Å². The summed E-state index contributed by atoms with van der Waals surface area (Å²) in [5.74, 6) is -1.89. The van der Waals surface area contributed by atoms with Gasteiger partial charge in [0.15, 0.2) is 0 Å². The van der Waals surface area contributed by atoms with Crippen LogP contribution in [0, 0.1) is 6.92 Å². The van der Waals surface area contributed by atoms with Crippen LogP contribution in [0.3, 0.4) is 0 Å². The second kappa shape index (κ2) is 12.9. The van der Waals surface area contributed by atoms with E-state index in [1.165, 1.54) is 6.07 Å². The number of fused-ring (bicyclic) bond motifs is 3. The van der Waals surface area contributed by atoms with E-state index in [4.69, 9.17) is 22.1 Å². The number of carbonyl (C=O) groups is 3. The molecule has 8 nitrogen and oxygen atoms in total. The molecule has 0 aliphatic heterocycles. The molecule has 232 valence electrons. The van der Waals surface area contributed by atoms with Crippen molar-refractivity contribution in [2.75, 3.05) is 11.9 Å². The summed E-state index contributed by atoms with van der Waals surface area (Å²) in [6, 6.07) is 17.5. The normalized spacial score (nSPS) is 11.9. The summed E-state index contributed by atoms with van der Waals surface area (Å²) in [6.07, 6.45) is 2.33. The maximum atomic E-state index is 12.6. The molecule has 3 aromatic carbocycles. The first-order valence-electron chi connectivity index (χ1n) is 14.8. The Bertz CT molecular complexity index is 1830. The van der Waals surface area contributed by atoms with Gasteiger partial charge in [-0.2, -0.15) is 0 Å². The summed E-state index contributed by atoms with van der Waals surface area (Å²) >= 11 is 6.03. The van der Waals surface area contributed by atoms with Gasteiger partial charge in [0.2, 0.25) is 0 Å². The fourth-order valence-electron chi connectivity index (χ4n) is 5.69. The number of pyridine rings is 1. The third kappa shape index (κ3) is 7.10. The Hall–Kier alpha value is -4.47. The second-order valence-electron chi connectivity index (χ2n) is 12.6. The van der Waals surface area contributed by atoms with Crippen LogP contribution in [-0.2, 0) is 28.9 Å². The summed E-state index contributed by atoms with van der Waals surface area (Å²) in [4.78, 5) is 41.3. The van der Waals surface area contributed by atoms with Crippen molar-refractivity contribution in [3.8, 4) is 22.3 Å². The van der Waals surface area contributed by atoms with E-state index in [1.54, 1.807) is 18.3 Å². The topological polar surface area (TPSA) is 132 Å². The number of esters is 1. The van der Waals surface area contributed by atoms with Crippen molar-refractivity contribution >= 4 is 43.2 Å². The van der Waals surface area contributed by atoms with Gasteiger partial charge in [-0.25, -0.2) is 4.79 Å². The van der Waals surface area contributed by atoms with E-state index >= 15 is 0 Å². The molecule has 0 saturated carbocycles. The van der Waals surface area contributed by atoms with Gasteiger partial charge in [0.1, 0.15) is 5.69 Å². The zero-order valence-corrected chi connectivity index (χ0v) is 27.5. The highest BCUT2D eigenvalue weighted by Gasteiger charge is 2.29. The number of carboxylic acids is 1. The van der Waals surface area contributed by atoms with Gasteiger partial charge in [0.05, 0.1) is 18.6 Å². The van der Waals surface area contributed by atoms with Gasteiger partial charge in [-0.3, -0.25) is 14.6 Å². The molecule has 1 aliphatic rings. The predicted octanol–water partition coefficient (Wildman–Crippen LogP) is 7.11. The predicted molar refractivity (Wildman–Crippen MR) is 180 cm³/mol. The van der Waals surface area contributed by atoms with Crippen LogP contribution in [0.1, 0.15) is 48.7 Å². The van der Waals surface area contributed by atoms with Crippen LogP contribution >= 0.6 is 11.6 Å². The van der Waals surface area contributed by atoms with Gasteiger partial charge in [-0.15, -0.1) is 0 Å². The standard InChI is InChI=1S/C35H36ClN3O5Si/c1-20-25(6-5-7-30(20)38-18-22-9-10-24(36)17-27(22)35(42)43)29-19-39-33(34(37)41)28-16-23-14-21(8-11-26(23)32(28)29)15-31(40)44-12-13-45(2,3)4/h5-11,14,17,19,38H,12-13,15-16,18H2,1-4H3,(H2,37,41)(H,42,43). The minimum atomic E-state index is -1.30. The molecule has 5 rings (SSSR count). The van der Waals surface area contributed by atoms with Crippen molar-refractivity contribution in [1.82, 2.24) is 4.98 Å². The van der Waals surface area contributed by atoms with E-state index in [0.717, 1.165) is 56.2 Å². The van der Waals surface area contributed by atoms with Crippen LogP contribution in [0.25, 0.3) is 22.3 Å². The molecule has 0 fully saturated rings. The molecule has 45 heavy (non-hydrogen) atoms. The first kappa shape index (κ1) is 31.9. The number of anilines is 1. The largest absolute Gasteiger partial charge is 0.478 e. The van der Waals surface area contributed by atoms with Crippen LogP contribution in [0.4, 0.5) is 5.69 Å². The van der Waals surface area contributed by atoms with E-state index < -0.39 is 20.0 Å². The molecule has 10 heteroatoms. The number of nitrogens with zero attached hydrogens (tertiary/aromatic N) is 1. The summed E-state index contributed by atoms with van der Waals surface area (Å²) in [6.45, 7) is 9.44. The molecule has 1 heterocycles. The van der Waals surface area contributed by atoms with E-state index in [2.05, 4.69) is 29.9 Å². The number of halogens is 1. The zero-order valence-electron chi connectivity index (χ0n) is 25.8. The molecule has 0 saturated heterocycles. The quantitative estimate of drug-likeness (QED) is 0.103. The Morgan fingerprint density at radius 2 is 1.82 bits per heavy atom. The maximum absolute atomic E-state index is 12.6. The molecule has 1 aliphatic carbocycles. The van der Waals surface area contributed by atoms with Crippen LogP contribution < -0.4 is 11.1 Å². The van der Waals surface area contributed by atoms with Crippen molar-refractivity contribution in [2.45, 2.75) is 52.0 Å². The first-order valence-corrected chi connectivity index (χ1v) is 18.9. The number of amides is 1. The second-order valence-corrected chi connectivity index (χ2v) is 18.6. The van der Waals surface area contributed by atoms with Gasteiger partial charge in [-0.05, 0) is 75.7 Å². The number of hydrogen-bond donors (Lipinski definition) is 3. The lowest BCUT2D eigenvalue weighted by molar-refractivity contribution is -0.142. The fourth-order valence-corrected chi connectivity index (χ4v) is 6.57. The van der Waals surface area contributed by atoms with Gasteiger partial charge in [0, 0.05) is 43.5 Å². The summed E-state index contributed by atoms with van der Waals surface area (Å²) < 4.78 is 5.51. The molecule has 0 unspecified atom stereocenters. The highest BCUT2D eigenvalue weighted by Crippen LogP contribution is 2.45. The van der Waals surface area contributed by atoms with Crippen LogP contribution in [0.2, 0.25) is 30.7 Å². The lowest BCUT2D eigenvalue weighted by Crippen LogP contribution is -2.23. The highest BCUT2D eigenvalue weighted by molar-refractivity contribution is 6.76. The minimum Gasteiger partial charge on any atom is -0.478 e. The number of aromatic nitrogens is 1. The molecule has 1 aromatic heterocycles. The van der Waals surface area contributed by atoms with Gasteiger partial charge in [0.25, 0.3) is 5.91 Å². The van der Waals surface area contributed by atoms with Crippen molar-refractivity contribution < 1.29 is 24.2 Å². The van der Waals surface area contributed by atoms with Gasteiger partial charge in [-0.1, -0.05) is 67.6 Å². The smallest absolute Gasteiger partial charge is 0.336 e. The average molecular weight is 642 g/mol. The number of carboxylic acid groups (broad SMARTS) is 1. The number of rotatable bonds is 11. The highest BCUT2D eigenvalue weighted by atomic mass is 35.5. The van der Waals surface area contributed by atoms with E-state index in [-0.39, 0.29) is 30.2 Å². The Morgan fingerprint density at radius 1 is 1.04 bits per heavy atom. The van der Waals surface area contributed by atoms with E-state index in [0.29, 0.717) is 23.6 Å². The Kier molecular flexibility index (Phi) is 9.13. The van der Waals surface area contributed by atoms with Crippen LogP contribution in [0.5, 0.6) is 0 Å². The number of nitrogens with two attached hydrogens (primary N) is 1. The molecule has 0 spiro atoms. The summed E-state index contributed by atoms with van der Waals surface area (Å²) in [5.41, 5.74) is 14.7. The fraction of sp³-hybridized carbons (Fsp3) is 0.257.